The number of carbonyl (C=O) groups excluding carboxylic acids is 1. The minimum absolute atomic E-state index is 0.180. The normalized spacial score (nSPS) is 10.5. The van der Waals surface area contributed by atoms with Gasteiger partial charge in [0.2, 0.25) is 5.95 Å². The zero-order valence-corrected chi connectivity index (χ0v) is 11.3. The Morgan fingerprint density at radius 3 is 2.58 bits per heavy atom. The minimum atomic E-state index is -0.598. The summed E-state index contributed by atoms with van der Waals surface area (Å²) in [5.41, 5.74) is 0.370. The maximum atomic E-state index is 12.7. The number of methoxy groups -OCH3 is 2. The van der Waals surface area contributed by atoms with Crippen LogP contribution in [-0.2, 0) is 9.47 Å². The molecular weight excluding hydrogens is 251 g/mol. The van der Waals surface area contributed by atoms with E-state index in [0.717, 1.165) is 6.42 Å². The van der Waals surface area contributed by atoms with Crippen LogP contribution in [-0.4, -0.2) is 56.3 Å². The second kappa shape index (κ2) is 8.55. The van der Waals surface area contributed by atoms with Crippen LogP contribution in [0.15, 0.2) is 18.3 Å². The average Bonchev–Trinajstić information content (AvgIpc) is 2.43. The number of nitrogens with zero attached hydrogens (tertiary/aromatic N) is 2. The zero-order valence-electron chi connectivity index (χ0n) is 11.3. The fraction of sp³-hybridized carbons (Fsp3) is 0.538. The third-order valence-corrected chi connectivity index (χ3v) is 2.60. The Morgan fingerprint density at radius 1 is 1.26 bits per heavy atom. The van der Waals surface area contributed by atoms with Crippen LogP contribution in [0, 0.1) is 5.95 Å². The second-order valence-corrected chi connectivity index (χ2v) is 4.00. The van der Waals surface area contributed by atoms with Crippen molar-refractivity contribution in [2.75, 3.05) is 40.5 Å². The van der Waals surface area contributed by atoms with E-state index in [1.165, 1.54) is 18.3 Å². The number of pyridine rings is 1. The quantitative estimate of drug-likeness (QED) is 0.528. The molecular formula is C13H19FN2O3. The van der Waals surface area contributed by atoms with Gasteiger partial charge in [-0.25, -0.2) is 4.98 Å². The molecule has 0 aliphatic rings. The van der Waals surface area contributed by atoms with E-state index in [1.807, 2.05) is 0 Å². The van der Waals surface area contributed by atoms with Gasteiger partial charge in [0.25, 0.3) is 5.91 Å². The van der Waals surface area contributed by atoms with Gasteiger partial charge in [0.15, 0.2) is 0 Å². The van der Waals surface area contributed by atoms with E-state index in [4.69, 9.17) is 9.47 Å². The van der Waals surface area contributed by atoms with Crippen molar-refractivity contribution in [2.24, 2.45) is 0 Å². The molecule has 0 N–H and O–H groups in total. The third-order valence-electron chi connectivity index (χ3n) is 2.60. The number of carbonyl (C=O) groups is 1. The van der Waals surface area contributed by atoms with Crippen molar-refractivity contribution in [1.29, 1.82) is 0 Å². The molecule has 1 aromatic rings. The molecule has 0 spiro atoms. The molecule has 0 saturated carbocycles. The van der Waals surface area contributed by atoms with Gasteiger partial charge in [0, 0.05) is 40.1 Å². The van der Waals surface area contributed by atoms with Crippen LogP contribution in [0.2, 0.25) is 0 Å². The van der Waals surface area contributed by atoms with Crippen LogP contribution in [0.4, 0.5) is 4.39 Å². The van der Waals surface area contributed by atoms with Crippen molar-refractivity contribution in [2.45, 2.75) is 6.42 Å². The van der Waals surface area contributed by atoms with Crippen molar-refractivity contribution < 1.29 is 18.7 Å². The summed E-state index contributed by atoms with van der Waals surface area (Å²) < 4.78 is 22.7. The lowest BCUT2D eigenvalue weighted by Crippen LogP contribution is -2.35. The van der Waals surface area contributed by atoms with E-state index in [-0.39, 0.29) is 5.91 Å². The zero-order chi connectivity index (χ0) is 14.1. The summed E-state index contributed by atoms with van der Waals surface area (Å²) in [5, 5.41) is 0. The second-order valence-electron chi connectivity index (χ2n) is 4.00. The van der Waals surface area contributed by atoms with Gasteiger partial charge in [-0.1, -0.05) is 0 Å². The topological polar surface area (TPSA) is 51.7 Å². The van der Waals surface area contributed by atoms with Gasteiger partial charge in [0.05, 0.1) is 12.2 Å². The van der Waals surface area contributed by atoms with E-state index in [1.54, 1.807) is 19.1 Å². The minimum Gasteiger partial charge on any atom is -0.385 e. The van der Waals surface area contributed by atoms with Gasteiger partial charge in [-0.05, 0) is 18.6 Å². The lowest BCUT2D eigenvalue weighted by Gasteiger charge is -2.22. The summed E-state index contributed by atoms with van der Waals surface area (Å²) in [5.74, 6) is -0.778. The molecule has 1 amide bonds. The molecule has 1 heterocycles. The number of halogens is 1. The van der Waals surface area contributed by atoms with Crippen LogP contribution >= 0.6 is 0 Å². The highest BCUT2D eigenvalue weighted by atomic mass is 19.1. The first-order valence-electron chi connectivity index (χ1n) is 6.07. The van der Waals surface area contributed by atoms with Gasteiger partial charge in [-0.3, -0.25) is 4.79 Å². The van der Waals surface area contributed by atoms with Gasteiger partial charge >= 0.3 is 0 Å². The molecule has 1 aromatic heterocycles. The Kier molecular flexibility index (Phi) is 6.99. The van der Waals surface area contributed by atoms with Crippen LogP contribution in [0.5, 0.6) is 0 Å². The first kappa shape index (κ1) is 15.5. The number of rotatable bonds is 8. The lowest BCUT2D eigenvalue weighted by atomic mass is 10.2. The predicted octanol–water partition coefficient (Wildman–Crippen LogP) is 1.35. The van der Waals surface area contributed by atoms with Gasteiger partial charge < -0.3 is 14.4 Å². The maximum Gasteiger partial charge on any atom is 0.255 e. The van der Waals surface area contributed by atoms with E-state index in [9.17, 15) is 9.18 Å². The monoisotopic (exact) mass is 270 g/mol. The van der Waals surface area contributed by atoms with Crippen molar-refractivity contribution in [3.05, 3.63) is 29.8 Å². The number of amides is 1. The molecule has 0 unspecified atom stereocenters. The summed E-state index contributed by atoms with van der Waals surface area (Å²) in [6, 6.07) is 2.61. The van der Waals surface area contributed by atoms with Crippen molar-refractivity contribution in [3.8, 4) is 0 Å². The number of aromatic nitrogens is 1. The lowest BCUT2D eigenvalue weighted by molar-refractivity contribution is 0.0673. The van der Waals surface area contributed by atoms with E-state index < -0.39 is 5.95 Å². The Morgan fingerprint density at radius 2 is 2.00 bits per heavy atom. The molecule has 0 radical (unpaired) electrons. The molecule has 0 aromatic carbocycles. The number of hydrogen-bond acceptors (Lipinski definition) is 4. The predicted molar refractivity (Wildman–Crippen MR) is 68.5 cm³/mol. The molecule has 19 heavy (non-hydrogen) atoms. The molecule has 5 nitrogen and oxygen atoms in total. The summed E-state index contributed by atoms with van der Waals surface area (Å²) in [7, 11) is 3.20. The fourth-order valence-electron chi connectivity index (χ4n) is 1.60. The molecule has 0 atom stereocenters. The highest BCUT2D eigenvalue weighted by Crippen LogP contribution is 2.05. The Labute approximate surface area is 112 Å². The van der Waals surface area contributed by atoms with Crippen LogP contribution in [0.25, 0.3) is 0 Å². The average molecular weight is 270 g/mol. The van der Waals surface area contributed by atoms with E-state index in [2.05, 4.69) is 4.98 Å². The summed E-state index contributed by atoms with van der Waals surface area (Å²) >= 11 is 0. The molecule has 106 valence electrons. The van der Waals surface area contributed by atoms with Crippen molar-refractivity contribution in [1.82, 2.24) is 9.88 Å². The Hall–Kier alpha value is -1.53. The van der Waals surface area contributed by atoms with Crippen LogP contribution in [0.3, 0.4) is 0 Å². The maximum absolute atomic E-state index is 12.7. The molecule has 0 saturated heterocycles. The molecule has 6 heteroatoms. The summed E-state index contributed by atoms with van der Waals surface area (Å²) in [4.78, 5) is 17.4. The van der Waals surface area contributed by atoms with Gasteiger partial charge in [-0.2, -0.15) is 4.39 Å². The SMILES string of the molecule is COCCCN(CCOC)C(=O)c1ccc(F)nc1. The van der Waals surface area contributed by atoms with Crippen molar-refractivity contribution >= 4 is 5.91 Å². The largest absolute Gasteiger partial charge is 0.385 e. The van der Waals surface area contributed by atoms with Gasteiger partial charge in [-0.15, -0.1) is 0 Å². The van der Waals surface area contributed by atoms with E-state index in [0.29, 0.717) is 31.9 Å². The highest BCUT2D eigenvalue weighted by molar-refractivity contribution is 5.93. The molecule has 1 rings (SSSR count). The standard InChI is InChI=1S/C13H19FN2O3/c1-18-8-3-6-16(7-9-19-2)13(17)11-4-5-12(14)15-10-11/h4-5,10H,3,6-9H2,1-2H3. The third kappa shape index (κ3) is 5.32. The number of ether oxygens (including phenoxy) is 2. The highest BCUT2D eigenvalue weighted by Gasteiger charge is 2.15. The smallest absolute Gasteiger partial charge is 0.255 e. The van der Waals surface area contributed by atoms with E-state index >= 15 is 0 Å². The number of hydrogen-bond donors (Lipinski definition) is 0. The van der Waals surface area contributed by atoms with Gasteiger partial charge in [0.1, 0.15) is 0 Å². The van der Waals surface area contributed by atoms with Crippen molar-refractivity contribution in [3.63, 3.8) is 0 Å². The molecule has 0 fully saturated rings. The first-order valence-corrected chi connectivity index (χ1v) is 6.07. The molecule has 0 aliphatic heterocycles. The first-order chi connectivity index (χ1) is 9.19. The van der Waals surface area contributed by atoms with Crippen LogP contribution < -0.4 is 0 Å². The van der Waals surface area contributed by atoms with Crippen LogP contribution in [0.1, 0.15) is 16.8 Å². The Bertz CT molecular complexity index is 384. The Balaban J connectivity index is 2.66. The summed E-state index contributed by atoms with van der Waals surface area (Å²) in [6.45, 7) is 2.08. The fourth-order valence-corrected chi connectivity index (χ4v) is 1.60. The summed E-state index contributed by atoms with van der Waals surface area (Å²) in [6.07, 6.45) is 1.98. The molecule has 0 aliphatic carbocycles. The molecule has 0 bridgehead atoms.